The Bertz CT molecular complexity index is 479. The van der Waals surface area contributed by atoms with Crippen molar-refractivity contribution in [2.45, 2.75) is 13.1 Å². The highest BCUT2D eigenvalue weighted by atomic mass is 16.6. The van der Waals surface area contributed by atoms with Gasteiger partial charge in [0.2, 0.25) is 0 Å². The number of hydrogen-bond acceptors (Lipinski definition) is 4. The molecular weight excluding hydrogens is 220 g/mol. The number of hydrogen-bond donors (Lipinski definition) is 2. The van der Waals surface area contributed by atoms with Gasteiger partial charge in [-0.05, 0) is 5.56 Å². The third kappa shape index (κ3) is 3.12. The molecule has 1 aromatic carbocycles. The van der Waals surface area contributed by atoms with E-state index in [0.29, 0.717) is 13.1 Å². The standard InChI is InChI=1S/C11H12N4O2/c16-15(17)10-3-1-9(2-4-10)7-12-8-11-13-5-6-14-11/h1-6,12H,7-8H2,(H,13,14). The Morgan fingerprint density at radius 1 is 1.29 bits per heavy atom. The zero-order chi connectivity index (χ0) is 12.1. The fraction of sp³-hybridized carbons (Fsp3) is 0.182. The van der Waals surface area contributed by atoms with Crippen LogP contribution in [-0.2, 0) is 13.1 Å². The molecule has 0 atom stereocenters. The lowest BCUT2D eigenvalue weighted by molar-refractivity contribution is -0.384. The molecule has 0 unspecified atom stereocenters. The first-order valence-electron chi connectivity index (χ1n) is 5.18. The predicted octanol–water partition coefficient (Wildman–Crippen LogP) is 1.61. The molecule has 2 aromatic rings. The summed E-state index contributed by atoms with van der Waals surface area (Å²) in [7, 11) is 0. The van der Waals surface area contributed by atoms with E-state index in [1.54, 1.807) is 24.5 Å². The van der Waals surface area contributed by atoms with Crippen LogP contribution in [0.3, 0.4) is 0 Å². The molecule has 0 spiro atoms. The summed E-state index contributed by atoms with van der Waals surface area (Å²) in [5.41, 5.74) is 1.11. The van der Waals surface area contributed by atoms with E-state index in [0.717, 1.165) is 11.4 Å². The van der Waals surface area contributed by atoms with Gasteiger partial charge in [-0.3, -0.25) is 10.1 Å². The highest BCUT2D eigenvalue weighted by Crippen LogP contribution is 2.11. The van der Waals surface area contributed by atoms with E-state index in [1.165, 1.54) is 12.1 Å². The van der Waals surface area contributed by atoms with E-state index in [1.807, 2.05) is 0 Å². The summed E-state index contributed by atoms with van der Waals surface area (Å²) < 4.78 is 0. The van der Waals surface area contributed by atoms with Crippen LogP contribution in [0.2, 0.25) is 0 Å². The number of nitro groups is 1. The van der Waals surface area contributed by atoms with Gasteiger partial charge in [0.25, 0.3) is 5.69 Å². The number of aromatic nitrogens is 2. The van der Waals surface area contributed by atoms with Crippen molar-refractivity contribution >= 4 is 5.69 Å². The van der Waals surface area contributed by atoms with Gasteiger partial charge in [-0.25, -0.2) is 4.98 Å². The molecule has 0 radical (unpaired) electrons. The second-order valence-electron chi connectivity index (χ2n) is 3.56. The van der Waals surface area contributed by atoms with Crippen LogP contribution >= 0.6 is 0 Å². The maximum atomic E-state index is 10.5. The van der Waals surface area contributed by atoms with Crippen LogP contribution < -0.4 is 5.32 Å². The number of imidazole rings is 1. The van der Waals surface area contributed by atoms with Crippen molar-refractivity contribution in [3.8, 4) is 0 Å². The first-order valence-corrected chi connectivity index (χ1v) is 5.18. The quantitative estimate of drug-likeness (QED) is 0.606. The monoisotopic (exact) mass is 232 g/mol. The number of nitro benzene ring substituents is 1. The zero-order valence-electron chi connectivity index (χ0n) is 9.09. The van der Waals surface area contributed by atoms with Crippen molar-refractivity contribution in [1.29, 1.82) is 0 Å². The maximum Gasteiger partial charge on any atom is 0.269 e. The molecule has 0 saturated heterocycles. The number of benzene rings is 1. The molecule has 0 saturated carbocycles. The van der Waals surface area contributed by atoms with Gasteiger partial charge in [0.05, 0.1) is 11.5 Å². The molecule has 17 heavy (non-hydrogen) atoms. The second kappa shape index (κ2) is 5.22. The van der Waals surface area contributed by atoms with Crippen LogP contribution in [0, 0.1) is 10.1 Å². The molecule has 2 N–H and O–H groups in total. The second-order valence-corrected chi connectivity index (χ2v) is 3.56. The lowest BCUT2D eigenvalue weighted by Crippen LogP contribution is -2.13. The Morgan fingerprint density at radius 3 is 2.65 bits per heavy atom. The minimum atomic E-state index is -0.403. The highest BCUT2D eigenvalue weighted by molar-refractivity contribution is 5.32. The molecule has 1 heterocycles. The zero-order valence-corrected chi connectivity index (χ0v) is 9.09. The fourth-order valence-electron chi connectivity index (χ4n) is 1.46. The van der Waals surface area contributed by atoms with Crippen LogP contribution in [0.25, 0.3) is 0 Å². The van der Waals surface area contributed by atoms with Crippen molar-refractivity contribution in [1.82, 2.24) is 15.3 Å². The van der Waals surface area contributed by atoms with E-state index in [-0.39, 0.29) is 5.69 Å². The minimum absolute atomic E-state index is 0.111. The van der Waals surface area contributed by atoms with Crippen LogP contribution in [-0.4, -0.2) is 14.9 Å². The van der Waals surface area contributed by atoms with Gasteiger partial charge >= 0.3 is 0 Å². The van der Waals surface area contributed by atoms with Gasteiger partial charge in [-0.1, -0.05) is 12.1 Å². The lowest BCUT2D eigenvalue weighted by Gasteiger charge is -2.02. The molecule has 0 bridgehead atoms. The topological polar surface area (TPSA) is 83.8 Å². The Kier molecular flexibility index (Phi) is 3.46. The van der Waals surface area contributed by atoms with Gasteiger partial charge in [-0.2, -0.15) is 0 Å². The number of rotatable bonds is 5. The first-order chi connectivity index (χ1) is 8.25. The Labute approximate surface area is 97.9 Å². The Balaban J connectivity index is 1.85. The average molecular weight is 232 g/mol. The first kappa shape index (κ1) is 11.3. The average Bonchev–Trinajstić information content (AvgIpc) is 2.83. The number of aromatic amines is 1. The van der Waals surface area contributed by atoms with Gasteiger partial charge in [-0.15, -0.1) is 0 Å². The molecule has 2 rings (SSSR count). The Morgan fingerprint density at radius 2 is 2.06 bits per heavy atom. The van der Waals surface area contributed by atoms with Crippen molar-refractivity contribution < 1.29 is 4.92 Å². The van der Waals surface area contributed by atoms with Crippen LogP contribution in [0.15, 0.2) is 36.7 Å². The molecule has 0 fully saturated rings. The van der Waals surface area contributed by atoms with Crippen molar-refractivity contribution in [2.75, 3.05) is 0 Å². The summed E-state index contributed by atoms with van der Waals surface area (Å²) in [6.45, 7) is 1.29. The summed E-state index contributed by atoms with van der Waals surface area (Å²) in [4.78, 5) is 17.1. The third-order valence-corrected chi connectivity index (χ3v) is 2.32. The summed E-state index contributed by atoms with van der Waals surface area (Å²) in [6.07, 6.45) is 3.46. The minimum Gasteiger partial charge on any atom is -0.348 e. The van der Waals surface area contributed by atoms with Gasteiger partial charge in [0.15, 0.2) is 0 Å². The normalized spacial score (nSPS) is 10.4. The number of H-pyrrole nitrogens is 1. The maximum absolute atomic E-state index is 10.5. The number of nitrogens with one attached hydrogen (secondary N) is 2. The molecule has 0 aliphatic heterocycles. The summed E-state index contributed by atoms with van der Waals surface area (Å²) in [5.74, 6) is 0.868. The van der Waals surface area contributed by atoms with Crippen molar-refractivity contribution in [3.05, 3.63) is 58.2 Å². The van der Waals surface area contributed by atoms with E-state index in [4.69, 9.17) is 0 Å². The van der Waals surface area contributed by atoms with E-state index in [2.05, 4.69) is 15.3 Å². The van der Waals surface area contributed by atoms with Crippen LogP contribution in [0.1, 0.15) is 11.4 Å². The van der Waals surface area contributed by atoms with Crippen molar-refractivity contribution in [2.24, 2.45) is 0 Å². The summed E-state index contributed by atoms with van der Waals surface area (Å²) in [5, 5.41) is 13.6. The molecule has 0 aliphatic rings. The molecule has 0 aliphatic carbocycles. The van der Waals surface area contributed by atoms with Crippen LogP contribution in [0.4, 0.5) is 5.69 Å². The predicted molar refractivity (Wildman–Crippen MR) is 62.2 cm³/mol. The SMILES string of the molecule is O=[N+]([O-])c1ccc(CNCc2ncc[nH]2)cc1. The molecule has 6 nitrogen and oxygen atoms in total. The molecule has 88 valence electrons. The van der Waals surface area contributed by atoms with Gasteiger partial charge < -0.3 is 10.3 Å². The highest BCUT2D eigenvalue weighted by Gasteiger charge is 2.03. The fourth-order valence-corrected chi connectivity index (χ4v) is 1.46. The number of nitrogens with zero attached hydrogens (tertiary/aromatic N) is 2. The van der Waals surface area contributed by atoms with E-state index in [9.17, 15) is 10.1 Å². The van der Waals surface area contributed by atoms with E-state index < -0.39 is 4.92 Å². The van der Waals surface area contributed by atoms with E-state index >= 15 is 0 Å². The Hall–Kier alpha value is -2.21. The van der Waals surface area contributed by atoms with Crippen molar-refractivity contribution in [3.63, 3.8) is 0 Å². The number of non-ortho nitro benzene ring substituents is 1. The molecular formula is C11H12N4O2. The largest absolute Gasteiger partial charge is 0.348 e. The lowest BCUT2D eigenvalue weighted by atomic mass is 10.2. The van der Waals surface area contributed by atoms with Gasteiger partial charge in [0.1, 0.15) is 5.82 Å². The van der Waals surface area contributed by atoms with Gasteiger partial charge in [0, 0.05) is 31.1 Å². The molecule has 0 amide bonds. The summed E-state index contributed by atoms with van der Waals surface area (Å²) in [6, 6.07) is 6.49. The smallest absolute Gasteiger partial charge is 0.269 e. The molecule has 1 aromatic heterocycles. The molecule has 6 heteroatoms. The van der Waals surface area contributed by atoms with Crippen LogP contribution in [0.5, 0.6) is 0 Å². The third-order valence-electron chi connectivity index (χ3n) is 2.32. The summed E-state index contributed by atoms with van der Waals surface area (Å²) >= 11 is 0.